The Hall–Kier alpha value is -1.00. The fourth-order valence-corrected chi connectivity index (χ4v) is 2.56. The van der Waals surface area contributed by atoms with Crippen LogP contribution < -0.4 is 0 Å². The van der Waals surface area contributed by atoms with Gasteiger partial charge in [-0.25, -0.2) is 0 Å². The van der Waals surface area contributed by atoms with Crippen molar-refractivity contribution in [3.05, 3.63) is 29.3 Å². The van der Waals surface area contributed by atoms with Gasteiger partial charge in [-0.2, -0.15) is 0 Å². The zero-order valence-corrected chi connectivity index (χ0v) is 13.7. The van der Waals surface area contributed by atoms with E-state index in [-0.39, 0.29) is 11.5 Å². The molecule has 1 aromatic carbocycles. The Bertz CT molecular complexity index is 494. The minimum atomic E-state index is -0.749. The predicted octanol–water partition coefficient (Wildman–Crippen LogP) is 3.98. The lowest BCUT2D eigenvalue weighted by molar-refractivity contribution is -0.160. The summed E-state index contributed by atoms with van der Waals surface area (Å²) in [6.07, 6.45) is 0. The molecule has 0 aliphatic heterocycles. The van der Waals surface area contributed by atoms with Crippen LogP contribution in [0.5, 0.6) is 0 Å². The number of rotatable bonds is 5. The standard InChI is InChI=1S/C15H19ClO3S/c1-10(14(18)19-15(2,3)4)13(17)9-20-12-7-5-6-11(16)8-12/h5-8,10H,9H2,1-4H3. The third-order valence-corrected chi connectivity index (χ3v) is 3.67. The summed E-state index contributed by atoms with van der Waals surface area (Å²) in [4.78, 5) is 24.7. The van der Waals surface area contributed by atoms with E-state index >= 15 is 0 Å². The Labute approximate surface area is 129 Å². The summed E-state index contributed by atoms with van der Waals surface area (Å²) in [5, 5.41) is 0.627. The summed E-state index contributed by atoms with van der Waals surface area (Å²) in [6.45, 7) is 6.92. The molecule has 5 heteroatoms. The predicted molar refractivity (Wildman–Crippen MR) is 82.2 cm³/mol. The molecule has 0 heterocycles. The molecule has 0 aromatic heterocycles. The number of esters is 1. The maximum Gasteiger partial charge on any atom is 0.316 e. The van der Waals surface area contributed by atoms with E-state index in [4.69, 9.17) is 16.3 Å². The molecule has 1 unspecified atom stereocenters. The van der Waals surface area contributed by atoms with Gasteiger partial charge in [0.15, 0.2) is 5.78 Å². The van der Waals surface area contributed by atoms with E-state index < -0.39 is 17.5 Å². The SMILES string of the molecule is CC(C(=O)CSc1cccc(Cl)c1)C(=O)OC(C)(C)C. The fourth-order valence-electron chi connectivity index (χ4n) is 1.36. The van der Waals surface area contributed by atoms with Crippen molar-refractivity contribution >= 4 is 35.1 Å². The normalized spacial score (nSPS) is 12.8. The Balaban J connectivity index is 2.52. The van der Waals surface area contributed by atoms with Gasteiger partial charge in [-0.05, 0) is 45.9 Å². The van der Waals surface area contributed by atoms with Crippen LogP contribution in [0.25, 0.3) is 0 Å². The highest BCUT2D eigenvalue weighted by atomic mass is 35.5. The van der Waals surface area contributed by atoms with Crippen LogP contribution >= 0.6 is 23.4 Å². The molecule has 20 heavy (non-hydrogen) atoms. The average molecular weight is 315 g/mol. The largest absolute Gasteiger partial charge is 0.459 e. The first-order valence-electron chi connectivity index (χ1n) is 6.33. The van der Waals surface area contributed by atoms with E-state index in [2.05, 4.69) is 0 Å². The molecule has 0 aliphatic carbocycles. The Morgan fingerprint density at radius 3 is 2.55 bits per heavy atom. The number of ether oxygens (including phenoxy) is 1. The number of carbonyl (C=O) groups is 2. The smallest absolute Gasteiger partial charge is 0.316 e. The maximum atomic E-state index is 12.0. The van der Waals surface area contributed by atoms with Crippen LogP contribution in [0.4, 0.5) is 0 Å². The van der Waals surface area contributed by atoms with Gasteiger partial charge in [-0.1, -0.05) is 17.7 Å². The zero-order chi connectivity index (χ0) is 15.3. The van der Waals surface area contributed by atoms with Crippen LogP contribution in [0.2, 0.25) is 5.02 Å². The minimum absolute atomic E-state index is 0.149. The van der Waals surface area contributed by atoms with Crippen LogP contribution in [0.15, 0.2) is 29.2 Å². The highest BCUT2D eigenvalue weighted by Gasteiger charge is 2.26. The minimum Gasteiger partial charge on any atom is -0.459 e. The van der Waals surface area contributed by atoms with E-state index in [1.54, 1.807) is 39.8 Å². The van der Waals surface area contributed by atoms with Gasteiger partial charge in [-0.3, -0.25) is 9.59 Å². The van der Waals surface area contributed by atoms with Gasteiger partial charge in [0, 0.05) is 9.92 Å². The van der Waals surface area contributed by atoms with E-state index in [0.717, 1.165) is 4.90 Å². The number of Topliss-reactive ketones (excluding diaryl/α,β-unsaturated/α-hetero) is 1. The van der Waals surface area contributed by atoms with Gasteiger partial charge in [0.25, 0.3) is 0 Å². The molecule has 0 N–H and O–H groups in total. The van der Waals surface area contributed by atoms with E-state index in [1.807, 2.05) is 12.1 Å². The second-order valence-corrected chi connectivity index (χ2v) is 6.95. The number of carbonyl (C=O) groups excluding carboxylic acids is 2. The molecular formula is C15H19ClO3S. The van der Waals surface area contributed by atoms with Gasteiger partial charge in [0.1, 0.15) is 11.5 Å². The summed E-state index contributed by atoms with van der Waals surface area (Å²) in [5.41, 5.74) is -0.578. The molecule has 0 bridgehead atoms. The first-order chi connectivity index (χ1) is 9.19. The van der Waals surface area contributed by atoms with Crippen LogP contribution in [-0.4, -0.2) is 23.1 Å². The molecule has 0 fully saturated rings. The first kappa shape index (κ1) is 17.1. The molecule has 1 rings (SSSR count). The molecule has 1 aromatic rings. The summed E-state index contributed by atoms with van der Waals surface area (Å²) in [6, 6.07) is 7.27. The quantitative estimate of drug-likeness (QED) is 0.468. The summed E-state index contributed by atoms with van der Waals surface area (Å²) < 4.78 is 5.20. The topological polar surface area (TPSA) is 43.4 Å². The monoisotopic (exact) mass is 314 g/mol. The first-order valence-corrected chi connectivity index (χ1v) is 7.69. The molecule has 0 aliphatic rings. The van der Waals surface area contributed by atoms with Crippen LogP contribution in [0.1, 0.15) is 27.7 Å². The van der Waals surface area contributed by atoms with E-state index in [9.17, 15) is 9.59 Å². The van der Waals surface area contributed by atoms with Crippen LogP contribution in [0, 0.1) is 5.92 Å². The third kappa shape index (κ3) is 5.97. The number of ketones is 1. The number of halogens is 1. The summed E-state index contributed by atoms with van der Waals surface area (Å²) in [5.74, 6) is -1.15. The molecule has 0 saturated heterocycles. The van der Waals surface area contributed by atoms with Crippen LogP contribution in [-0.2, 0) is 14.3 Å². The molecule has 0 spiro atoms. The number of hydrogen-bond acceptors (Lipinski definition) is 4. The highest BCUT2D eigenvalue weighted by molar-refractivity contribution is 8.00. The van der Waals surface area contributed by atoms with Crippen molar-refractivity contribution in [2.24, 2.45) is 5.92 Å². The van der Waals surface area contributed by atoms with Crippen molar-refractivity contribution in [2.45, 2.75) is 38.2 Å². The zero-order valence-electron chi connectivity index (χ0n) is 12.1. The number of thioether (sulfide) groups is 1. The van der Waals surface area contributed by atoms with Crippen molar-refractivity contribution < 1.29 is 14.3 Å². The van der Waals surface area contributed by atoms with Gasteiger partial charge >= 0.3 is 5.97 Å². The maximum absolute atomic E-state index is 12.0. The molecule has 110 valence electrons. The third-order valence-electron chi connectivity index (χ3n) is 2.42. The molecule has 1 atom stereocenters. The van der Waals surface area contributed by atoms with E-state index in [1.165, 1.54) is 11.8 Å². The van der Waals surface area contributed by atoms with Crippen molar-refractivity contribution in [3.63, 3.8) is 0 Å². The van der Waals surface area contributed by atoms with Crippen LogP contribution in [0.3, 0.4) is 0 Å². The Kier molecular flexibility index (Phi) is 6.08. The van der Waals surface area contributed by atoms with Gasteiger partial charge in [0.2, 0.25) is 0 Å². The van der Waals surface area contributed by atoms with Crippen molar-refractivity contribution in [3.8, 4) is 0 Å². The second kappa shape index (κ2) is 7.14. The Morgan fingerprint density at radius 1 is 1.35 bits per heavy atom. The molecule has 3 nitrogen and oxygen atoms in total. The van der Waals surface area contributed by atoms with Crippen molar-refractivity contribution in [1.82, 2.24) is 0 Å². The highest BCUT2D eigenvalue weighted by Crippen LogP contribution is 2.23. The van der Waals surface area contributed by atoms with Gasteiger partial charge < -0.3 is 4.74 Å². The molecule has 0 radical (unpaired) electrons. The number of benzene rings is 1. The molecular weight excluding hydrogens is 296 g/mol. The summed E-state index contributed by atoms with van der Waals surface area (Å²) in [7, 11) is 0. The lowest BCUT2D eigenvalue weighted by Crippen LogP contribution is -2.31. The average Bonchev–Trinajstić information content (AvgIpc) is 2.33. The van der Waals surface area contributed by atoms with Gasteiger partial charge in [0.05, 0.1) is 5.75 Å². The fraction of sp³-hybridized carbons (Fsp3) is 0.467. The summed E-state index contributed by atoms with van der Waals surface area (Å²) >= 11 is 7.24. The Morgan fingerprint density at radius 2 is 2.00 bits per heavy atom. The number of hydrogen-bond donors (Lipinski definition) is 0. The van der Waals surface area contributed by atoms with Gasteiger partial charge in [-0.15, -0.1) is 11.8 Å². The lowest BCUT2D eigenvalue weighted by atomic mass is 10.1. The second-order valence-electron chi connectivity index (χ2n) is 5.47. The lowest BCUT2D eigenvalue weighted by Gasteiger charge is -2.21. The van der Waals surface area contributed by atoms with Crippen molar-refractivity contribution in [2.75, 3.05) is 5.75 Å². The van der Waals surface area contributed by atoms with E-state index in [0.29, 0.717) is 5.02 Å². The molecule has 0 amide bonds. The molecule has 0 saturated carbocycles. The van der Waals surface area contributed by atoms with Crippen molar-refractivity contribution in [1.29, 1.82) is 0 Å².